The fourth-order valence-electron chi connectivity index (χ4n) is 5.51. The number of piperidine rings is 1. The molecule has 2 amide bonds. The predicted molar refractivity (Wildman–Crippen MR) is 133 cm³/mol. The maximum Gasteiger partial charge on any atom is 0.414 e. The number of fused-ring (bicyclic) bond motifs is 1. The van der Waals surface area contributed by atoms with Crippen LogP contribution in [-0.4, -0.2) is 72.6 Å². The SMILES string of the molecule is COC(=O)N1c2ccc(-c3cnn(C4CCNCC4)c3)c(OCC(=O)N3CCCC3)c2CCC1C. The Labute approximate surface area is 206 Å². The van der Waals surface area contributed by atoms with E-state index in [9.17, 15) is 9.59 Å². The third-order valence-electron chi connectivity index (χ3n) is 7.51. The van der Waals surface area contributed by atoms with Crippen LogP contribution in [0.15, 0.2) is 24.5 Å². The summed E-state index contributed by atoms with van der Waals surface area (Å²) in [6.07, 6.45) is 9.29. The van der Waals surface area contributed by atoms with Crippen LogP contribution in [0.25, 0.3) is 11.1 Å². The number of carbonyl (C=O) groups excluding carboxylic acids is 2. The first kappa shape index (κ1) is 23.7. The molecule has 5 rings (SSSR count). The monoisotopic (exact) mass is 481 g/mol. The molecule has 0 saturated carbocycles. The lowest BCUT2D eigenvalue weighted by atomic mass is 9.92. The molecule has 1 aromatic carbocycles. The van der Waals surface area contributed by atoms with Gasteiger partial charge in [0.1, 0.15) is 5.75 Å². The molecule has 3 aliphatic heterocycles. The van der Waals surface area contributed by atoms with Crippen molar-refractivity contribution in [2.75, 3.05) is 44.8 Å². The van der Waals surface area contributed by atoms with E-state index in [-0.39, 0.29) is 24.6 Å². The van der Waals surface area contributed by atoms with Gasteiger partial charge in [-0.15, -0.1) is 0 Å². The number of rotatable bonds is 5. The van der Waals surface area contributed by atoms with Crippen molar-refractivity contribution in [2.45, 2.75) is 57.5 Å². The van der Waals surface area contributed by atoms with Gasteiger partial charge in [-0.25, -0.2) is 4.79 Å². The van der Waals surface area contributed by atoms with Crippen molar-refractivity contribution in [3.63, 3.8) is 0 Å². The van der Waals surface area contributed by atoms with Crippen LogP contribution in [0.1, 0.15) is 50.6 Å². The first-order chi connectivity index (χ1) is 17.1. The minimum Gasteiger partial charge on any atom is -0.483 e. The molecular formula is C26H35N5O4. The third-order valence-corrected chi connectivity index (χ3v) is 7.51. The van der Waals surface area contributed by atoms with Crippen LogP contribution >= 0.6 is 0 Å². The van der Waals surface area contributed by atoms with Crippen LogP contribution in [-0.2, 0) is 16.0 Å². The van der Waals surface area contributed by atoms with Gasteiger partial charge in [-0.05, 0) is 70.7 Å². The first-order valence-electron chi connectivity index (χ1n) is 12.8. The molecule has 35 heavy (non-hydrogen) atoms. The molecule has 2 aromatic rings. The van der Waals surface area contributed by atoms with Crippen LogP contribution < -0.4 is 15.0 Å². The van der Waals surface area contributed by atoms with Gasteiger partial charge < -0.3 is 19.7 Å². The molecule has 188 valence electrons. The largest absolute Gasteiger partial charge is 0.483 e. The summed E-state index contributed by atoms with van der Waals surface area (Å²) >= 11 is 0. The second kappa shape index (κ2) is 10.3. The molecule has 0 bridgehead atoms. The van der Waals surface area contributed by atoms with Gasteiger partial charge in [0, 0.05) is 42.0 Å². The molecule has 0 aliphatic carbocycles. The summed E-state index contributed by atoms with van der Waals surface area (Å²) < 4.78 is 13.4. The Morgan fingerprint density at radius 3 is 2.66 bits per heavy atom. The van der Waals surface area contributed by atoms with Crippen molar-refractivity contribution in [3.05, 3.63) is 30.1 Å². The van der Waals surface area contributed by atoms with E-state index in [0.717, 1.165) is 87.1 Å². The number of aromatic nitrogens is 2. The molecule has 1 atom stereocenters. The minimum absolute atomic E-state index is 0.00505. The lowest BCUT2D eigenvalue weighted by Crippen LogP contribution is -2.42. The van der Waals surface area contributed by atoms with E-state index < -0.39 is 0 Å². The molecule has 1 N–H and O–H groups in total. The molecule has 0 spiro atoms. The average molecular weight is 482 g/mol. The summed E-state index contributed by atoms with van der Waals surface area (Å²) in [6.45, 7) is 5.57. The van der Waals surface area contributed by atoms with Gasteiger partial charge in [0.15, 0.2) is 6.61 Å². The van der Waals surface area contributed by atoms with Crippen molar-refractivity contribution >= 4 is 17.7 Å². The number of anilines is 1. The molecular weight excluding hydrogens is 446 g/mol. The maximum atomic E-state index is 12.8. The third kappa shape index (κ3) is 4.74. The Bertz CT molecular complexity index is 1070. The van der Waals surface area contributed by atoms with E-state index in [2.05, 4.69) is 21.3 Å². The van der Waals surface area contributed by atoms with Crippen LogP contribution in [0.3, 0.4) is 0 Å². The zero-order valence-electron chi connectivity index (χ0n) is 20.7. The Hall–Kier alpha value is -3.07. The van der Waals surface area contributed by atoms with Gasteiger partial charge in [-0.2, -0.15) is 5.10 Å². The lowest BCUT2D eigenvalue weighted by Gasteiger charge is -2.35. The normalized spacial score (nSPS) is 20.6. The van der Waals surface area contributed by atoms with E-state index >= 15 is 0 Å². The van der Waals surface area contributed by atoms with Gasteiger partial charge in [-0.3, -0.25) is 14.4 Å². The highest BCUT2D eigenvalue weighted by atomic mass is 16.5. The highest BCUT2D eigenvalue weighted by Crippen LogP contribution is 2.43. The lowest BCUT2D eigenvalue weighted by molar-refractivity contribution is -0.132. The summed E-state index contributed by atoms with van der Waals surface area (Å²) in [5.41, 5.74) is 3.58. The van der Waals surface area contributed by atoms with Crippen molar-refractivity contribution in [2.24, 2.45) is 0 Å². The van der Waals surface area contributed by atoms with Gasteiger partial charge in [0.05, 0.1) is 25.0 Å². The van der Waals surface area contributed by atoms with Crippen LogP contribution in [0.5, 0.6) is 5.75 Å². The zero-order valence-corrected chi connectivity index (χ0v) is 20.7. The van der Waals surface area contributed by atoms with E-state index in [0.29, 0.717) is 11.8 Å². The summed E-state index contributed by atoms with van der Waals surface area (Å²) in [5, 5.41) is 8.07. The van der Waals surface area contributed by atoms with E-state index in [4.69, 9.17) is 9.47 Å². The van der Waals surface area contributed by atoms with E-state index in [1.807, 2.05) is 30.2 Å². The zero-order chi connectivity index (χ0) is 24.4. The minimum atomic E-state index is -0.385. The van der Waals surface area contributed by atoms with Crippen molar-refractivity contribution in [3.8, 4) is 16.9 Å². The number of nitrogens with one attached hydrogen (secondary N) is 1. The number of benzene rings is 1. The molecule has 2 fully saturated rings. The Morgan fingerprint density at radius 1 is 1.14 bits per heavy atom. The molecule has 9 nitrogen and oxygen atoms in total. The maximum absolute atomic E-state index is 12.8. The van der Waals surface area contributed by atoms with Gasteiger partial charge >= 0.3 is 6.09 Å². The van der Waals surface area contributed by atoms with Gasteiger partial charge in [0.2, 0.25) is 0 Å². The topological polar surface area (TPSA) is 88.9 Å². The van der Waals surface area contributed by atoms with Gasteiger partial charge in [0.25, 0.3) is 5.91 Å². The summed E-state index contributed by atoms with van der Waals surface area (Å²) in [7, 11) is 1.40. The Balaban J connectivity index is 1.50. The molecule has 3 aliphatic rings. The molecule has 4 heterocycles. The van der Waals surface area contributed by atoms with Gasteiger partial charge in [-0.1, -0.05) is 0 Å². The van der Waals surface area contributed by atoms with Crippen LogP contribution in [0, 0.1) is 0 Å². The number of hydrogen-bond acceptors (Lipinski definition) is 6. The smallest absolute Gasteiger partial charge is 0.414 e. The van der Waals surface area contributed by atoms with Crippen LogP contribution in [0.4, 0.5) is 10.5 Å². The van der Waals surface area contributed by atoms with Crippen molar-refractivity contribution < 1.29 is 19.1 Å². The summed E-state index contributed by atoms with van der Waals surface area (Å²) in [4.78, 5) is 29.0. The predicted octanol–water partition coefficient (Wildman–Crippen LogP) is 3.38. The number of likely N-dealkylation sites (tertiary alicyclic amines) is 1. The number of amides is 2. The second-order valence-corrected chi connectivity index (χ2v) is 9.73. The molecule has 1 unspecified atom stereocenters. The number of nitrogens with zero attached hydrogens (tertiary/aromatic N) is 4. The molecule has 9 heteroatoms. The van der Waals surface area contributed by atoms with Crippen molar-refractivity contribution in [1.82, 2.24) is 20.0 Å². The number of methoxy groups -OCH3 is 1. The Kier molecular flexibility index (Phi) is 6.95. The Morgan fingerprint density at radius 2 is 1.91 bits per heavy atom. The summed E-state index contributed by atoms with van der Waals surface area (Å²) in [5.74, 6) is 0.672. The highest BCUT2D eigenvalue weighted by Gasteiger charge is 2.33. The summed E-state index contributed by atoms with van der Waals surface area (Å²) in [6, 6.07) is 4.34. The molecule has 1 aromatic heterocycles. The molecule has 2 saturated heterocycles. The van der Waals surface area contributed by atoms with Crippen LogP contribution in [0.2, 0.25) is 0 Å². The quantitative estimate of drug-likeness (QED) is 0.704. The fraction of sp³-hybridized carbons (Fsp3) is 0.577. The highest BCUT2D eigenvalue weighted by molar-refractivity contribution is 5.92. The number of ether oxygens (including phenoxy) is 2. The molecule has 0 radical (unpaired) electrons. The number of hydrogen-bond donors (Lipinski definition) is 1. The number of carbonyl (C=O) groups is 2. The fourth-order valence-corrected chi connectivity index (χ4v) is 5.51. The standard InChI is InChI=1S/C26H35N5O4/c1-18-5-6-22-23(31(18)26(33)34-2)8-7-21(25(22)35-17-24(32)29-13-3-4-14-29)19-15-28-30(16-19)20-9-11-27-12-10-20/h7-8,15-16,18,20,27H,3-6,9-14,17H2,1-2H3. The van der Waals surface area contributed by atoms with E-state index in [1.165, 1.54) is 7.11 Å². The first-order valence-corrected chi connectivity index (χ1v) is 12.8. The van der Waals surface area contributed by atoms with E-state index in [1.54, 1.807) is 4.90 Å². The average Bonchev–Trinajstić information content (AvgIpc) is 3.60. The second-order valence-electron chi connectivity index (χ2n) is 9.73. The van der Waals surface area contributed by atoms with Crippen molar-refractivity contribution in [1.29, 1.82) is 0 Å².